The number of hydrogen-bond donors (Lipinski definition) is 2. The van der Waals surface area contributed by atoms with Crippen molar-refractivity contribution in [1.29, 1.82) is 0 Å². The zero-order chi connectivity index (χ0) is 15.1. The number of halogens is 2. The molecular formula is C16H27Cl2N5O. The monoisotopic (exact) mass is 375 g/mol. The summed E-state index contributed by atoms with van der Waals surface area (Å²) < 4.78 is 2.16. The molecule has 3 aliphatic rings. The summed E-state index contributed by atoms with van der Waals surface area (Å²) in [5, 5.41) is 15.2. The predicted octanol–water partition coefficient (Wildman–Crippen LogP) is 2.17. The summed E-state index contributed by atoms with van der Waals surface area (Å²) in [6, 6.07) is 0.449. The predicted molar refractivity (Wildman–Crippen MR) is 96.7 cm³/mol. The fourth-order valence-electron chi connectivity index (χ4n) is 4.39. The smallest absolute Gasteiger partial charge is 0.237 e. The minimum Gasteiger partial charge on any atom is -0.345 e. The molecule has 8 heteroatoms. The summed E-state index contributed by atoms with van der Waals surface area (Å²) in [6.07, 6.45) is 8.23. The Morgan fingerprint density at radius 3 is 2.83 bits per heavy atom. The van der Waals surface area contributed by atoms with Gasteiger partial charge in [0.2, 0.25) is 5.91 Å². The van der Waals surface area contributed by atoms with Crippen LogP contribution in [0.4, 0.5) is 0 Å². The molecule has 0 radical (unpaired) electrons. The summed E-state index contributed by atoms with van der Waals surface area (Å²) in [5.74, 6) is 2.77. The molecule has 1 aliphatic carbocycles. The molecule has 1 saturated carbocycles. The van der Waals surface area contributed by atoms with Crippen molar-refractivity contribution in [2.45, 2.75) is 76.5 Å². The molecule has 6 nitrogen and oxygen atoms in total. The van der Waals surface area contributed by atoms with Crippen molar-refractivity contribution in [2.24, 2.45) is 5.92 Å². The van der Waals surface area contributed by atoms with E-state index in [1.807, 2.05) is 6.92 Å². The number of carbonyl (C=O) groups is 1. The molecule has 0 aromatic carbocycles. The van der Waals surface area contributed by atoms with Gasteiger partial charge >= 0.3 is 0 Å². The second kappa shape index (κ2) is 8.02. The van der Waals surface area contributed by atoms with E-state index >= 15 is 0 Å². The highest BCUT2D eigenvalue weighted by Gasteiger charge is 2.38. The lowest BCUT2D eigenvalue weighted by Gasteiger charge is -2.24. The van der Waals surface area contributed by atoms with Crippen LogP contribution in [0.2, 0.25) is 0 Å². The van der Waals surface area contributed by atoms with Gasteiger partial charge in [-0.3, -0.25) is 4.79 Å². The maximum absolute atomic E-state index is 12.6. The van der Waals surface area contributed by atoms with Crippen LogP contribution in [0.3, 0.4) is 0 Å². The number of fused-ring (bicyclic) bond motifs is 2. The van der Waals surface area contributed by atoms with Gasteiger partial charge < -0.3 is 15.2 Å². The summed E-state index contributed by atoms with van der Waals surface area (Å²) >= 11 is 0. The van der Waals surface area contributed by atoms with Crippen LogP contribution in [0.15, 0.2) is 0 Å². The van der Waals surface area contributed by atoms with Gasteiger partial charge in [0.25, 0.3) is 0 Å². The lowest BCUT2D eigenvalue weighted by Crippen LogP contribution is -2.44. The number of nitrogens with zero attached hydrogens (tertiary/aromatic N) is 3. The summed E-state index contributed by atoms with van der Waals surface area (Å²) in [4.78, 5) is 12.6. The Balaban J connectivity index is 0.00000104. The molecule has 0 spiro atoms. The van der Waals surface area contributed by atoms with E-state index in [-0.39, 0.29) is 42.8 Å². The Bertz CT molecular complexity index is 565. The van der Waals surface area contributed by atoms with E-state index in [1.54, 1.807) is 0 Å². The van der Waals surface area contributed by atoms with Gasteiger partial charge in [0.1, 0.15) is 5.82 Å². The Hall–Kier alpha value is -0.850. The second-order valence-corrected chi connectivity index (χ2v) is 7.07. The Morgan fingerprint density at radius 2 is 2.04 bits per heavy atom. The van der Waals surface area contributed by atoms with Crippen molar-refractivity contribution >= 4 is 30.7 Å². The van der Waals surface area contributed by atoms with Gasteiger partial charge in [-0.05, 0) is 38.5 Å². The van der Waals surface area contributed by atoms with Crippen molar-refractivity contribution < 1.29 is 4.79 Å². The van der Waals surface area contributed by atoms with Crippen LogP contribution in [-0.2, 0) is 17.8 Å². The first kappa shape index (κ1) is 19.5. The number of rotatable bonds is 3. The van der Waals surface area contributed by atoms with Crippen molar-refractivity contribution in [3.8, 4) is 0 Å². The molecule has 4 unspecified atom stereocenters. The normalized spacial score (nSPS) is 29.0. The van der Waals surface area contributed by atoms with E-state index in [0.717, 1.165) is 37.5 Å². The van der Waals surface area contributed by atoms with Crippen LogP contribution in [0.25, 0.3) is 0 Å². The van der Waals surface area contributed by atoms with Gasteiger partial charge in [-0.25, -0.2) is 0 Å². The molecule has 136 valence electrons. The highest BCUT2D eigenvalue weighted by Crippen LogP contribution is 2.33. The van der Waals surface area contributed by atoms with Gasteiger partial charge in [0.05, 0.1) is 12.1 Å². The highest BCUT2D eigenvalue weighted by atomic mass is 35.5. The maximum atomic E-state index is 12.6. The SMILES string of the molecule is CC(NC(=O)C1CC2CCCCC2N1)c1nnc2n1CCC2.Cl.Cl. The van der Waals surface area contributed by atoms with Gasteiger partial charge in [-0.1, -0.05) is 12.8 Å². The zero-order valence-corrected chi connectivity index (χ0v) is 15.7. The number of carbonyl (C=O) groups excluding carboxylic acids is 1. The van der Waals surface area contributed by atoms with Crippen LogP contribution in [0, 0.1) is 5.92 Å². The van der Waals surface area contributed by atoms with Crippen LogP contribution >= 0.6 is 24.8 Å². The topological polar surface area (TPSA) is 71.8 Å². The third-order valence-electron chi connectivity index (χ3n) is 5.56. The van der Waals surface area contributed by atoms with Gasteiger partial charge in [0, 0.05) is 19.0 Å². The van der Waals surface area contributed by atoms with Crippen molar-refractivity contribution in [3.05, 3.63) is 11.6 Å². The van der Waals surface area contributed by atoms with Crippen LogP contribution < -0.4 is 10.6 Å². The Kier molecular flexibility index (Phi) is 6.51. The Labute approximate surface area is 155 Å². The van der Waals surface area contributed by atoms with Crippen molar-refractivity contribution in [3.63, 3.8) is 0 Å². The molecule has 1 saturated heterocycles. The molecule has 24 heavy (non-hydrogen) atoms. The van der Waals surface area contributed by atoms with Gasteiger partial charge in [-0.2, -0.15) is 0 Å². The van der Waals surface area contributed by atoms with E-state index in [1.165, 1.54) is 25.7 Å². The second-order valence-electron chi connectivity index (χ2n) is 7.07. The number of aryl methyl sites for hydroxylation is 1. The van der Waals surface area contributed by atoms with Crippen molar-refractivity contribution in [1.82, 2.24) is 25.4 Å². The third kappa shape index (κ3) is 3.55. The largest absolute Gasteiger partial charge is 0.345 e. The zero-order valence-electron chi connectivity index (χ0n) is 14.0. The molecule has 4 rings (SSSR count). The third-order valence-corrected chi connectivity index (χ3v) is 5.56. The minimum absolute atomic E-state index is 0. The minimum atomic E-state index is -0.0729. The molecule has 1 aromatic heterocycles. The molecule has 3 heterocycles. The number of amides is 1. The average Bonchev–Trinajstić information content (AvgIpc) is 3.21. The van der Waals surface area contributed by atoms with Gasteiger partial charge in [-0.15, -0.1) is 35.0 Å². The lowest BCUT2D eigenvalue weighted by molar-refractivity contribution is -0.123. The molecule has 0 bridgehead atoms. The van der Waals surface area contributed by atoms with E-state index in [4.69, 9.17) is 0 Å². The van der Waals surface area contributed by atoms with E-state index in [9.17, 15) is 4.79 Å². The first-order chi connectivity index (χ1) is 10.7. The van der Waals surface area contributed by atoms with E-state index < -0.39 is 0 Å². The molecule has 1 amide bonds. The van der Waals surface area contributed by atoms with Crippen molar-refractivity contribution in [2.75, 3.05) is 0 Å². The highest BCUT2D eigenvalue weighted by molar-refractivity contribution is 5.85. The average molecular weight is 376 g/mol. The Morgan fingerprint density at radius 1 is 1.25 bits per heavy atom. The number of aromatic nitrogens is 3. The maximum Gasteiger partial charge on any atom is 0.237 e. The van der Waals surface area contributed by atoms with Gasteiger partial charge in [0.15, 0.2) is 5.82 Å². The number of nitrogens with one attached hydrogen (secondary N) is 2. The molecule has 2 fully saturated rings. The van der Waals surface area contributed by atoms with Crippen LogP contribution in [0.5, 0.6) is 0 Å². The molecule has 2 aliphatic heterocycles. The van der Waals surface area contributed by atoms with Crippen LogP contribution in [0.1, 0.15) is 63.1 Å². The summed E-state index contributed by atoms with van der Waals surface area (Å²) in [5.41, 5.74) is 0. The molecule has 4 atom stereocenters. The lowest BCUT2D eigenvalue weighted by atomic mass is 9.85. The molecule has 2 N–H and O–H groups in total. The quantitative estimate of drug-likeness (QED) is 0.848. The fraction of sp³-hybridized carbons (Fsp3) is 0.812. The summed E-state index contributed by atoms with van der Waals surface area (Å²) in [7, 11) is 0. The fourth-order valence-corrected chi connectivity index (χ4v) is 4.39. The summed E-state index contributed by atoms with van der Waals surface area (Å²) in [6.45, 7) is 2.99. The van der Waals surface area contributed by atoms with E-state index in [0.29, 0.717) is 12.0 Å². The first-order valence-electron chi connectivity index (χ1n) is 8.71. The number of hydrogen-bond acceptors (Lipinski definition) is 4. The molecule has 1 aromatic rings. The first-order valence-corrected chi connectivity index (χ1v) is 8.71. The van der Waals surface area contributed by atoms with Crippen LogP contribution in [-0.4, -0.2) is 32.8 Å². The standard InChI is InChI=1S/C16H25N5O.2ClH/c1-10(15-20-19-14-7-4-8-21(14)15)17-16(22)13-9-11-5-2-3-6-12(11)18-13;;/h10-13,18H,2-9H2,1H3,(H,17,22);2*1H. The molecular weight excluding hydrogens is 349 g/mol. The van der Waals surface area contributed by atoms with E-state index in [2.05, 4.69) is 25.4 Å².